The number of amides is 1. The fourth-order valence-corrected chi connectivity index (χ4v) is 2.60. The SMILES string of the molecule is Cc1cc(C2CN(C(=O)Cn3ccnc3)CCO2)nc(C)n1. The van der Waals surface area contributed by atoms with Gasteiger partial charge in [-0.2, -0.15) is 0 Å². The lowest BCUT2D eigenvalue weighted by Gasteiger charge is -2.33. The number of carbonyl (C=O) groups is 1. The molecule has 0 N–H and O–H groups in total. The van der Waals surface area contributed by atoms with Gasteiger partial charge in [-0.05, 0) is 19.9 Å². The van der Waals surface area contributed by atoms with E-state index in [2.05, 4.69) is 15.0 Å². The Bertz CT molecular complexity index is 636. The molecule has 1 saturated heterocycles. The molecule has 0 radical (unpaired) electrons. The van der Waals surface area contributed by atoms with Crippen molar-refractivity contribution in [3.8, 4) is 0 Å². The Labute approximate surface area is 129 Å². The number of imidazole rings is 1. The number of aryl methyl sites for hydroxylation is 2. The highest BCUT2D eigenvalue weighted by Gasteiger charge is 2.26. The summed E-state index contributed by atoms with van der Waals surface area (Å²) < 4.78 is 7.56. The highest BCUT2D eigenvalue weighted by molar-refractivity contribution is 5.76. The molecule has 22 heavy (non-hydrogen) atoms. The van der Waals surface area contributed by atoms with E-state index in [1.54, 1.807) is 23.3 Å². The van der Waals surface area contributed by atoms with Gasteiger partial charge in [0, 0.05) is 24.6 Å². The molecule has 1 amide bonds. The van der Waals surface area contributed by atoms with Gasteiger partial charge < -0.3 is 14.2 Å². The Kier molecular flexibility index (Phi) is 4.15. The minimum atomic E-state index is -0.194. The summed E-state index contributed by atoms with van der Waals surface area (Å²) in [5.74, 6) is 0.786. The number of ether oxygens (including phenoxy) is 1. The Morgan fingerprint density at radius 3 is 3.00 bits per heavy atom. The molecule has 1 unspecified atom stereocenters. The van der Waals surface area contributed by atoms with Crippen molar-refractivity contribution in [1.29, 1.82) is 0 Å². The van der Waals surface area contributed by atoms with Crippen LogP contribution in [0, 0.1) is 13.8 Å². The van der Waals surface area contributed by atoms with Crippen LogP contribution in [0.4, 0.5) is 0 Å². The fraction of sp³-hybridized carbons (Fsp3) is 0.467. The summed E-state index contributed by atoms with van der Waals surface area (Å²) in [4.78, 5) is 26.9. The lowest BCUT2D eigenvalue weighted by atomic mass is 10.1. The number of morpholine rings is 1. The molecule has 1 aliphatic rings. The van der Waals surface area contributed by atoms with E-state index in [4.69, 9.17) is 4.74 Å². The Balaban J connectivity index is 1.69. The summed E-state index contributed by atoms with van der Waals surface area (Å²) in [5.41, 5.74) is 1.75. The zero-order valence-electron chi connectivity index (χ0n) is 12.8. The summed E-state index contributed by atoms with van der Waals surface area (Å²) in [6.45, 7) is 5.73. The summed E-state index contributed by atoms with van der Waals surface area (Å²) in [7, 11) is 0. The second kappa shape index (κ2) is 6.23. The third-order valence-corrected chi connectivity index (χ3v) is 3.61. The van der Waals surface area contributed by atoms with Crippen LogP contribution in [-0.2, 0) is 16.1 Å². The average molecular weight is 301 g/mol. The molecule has 0 aromatic carbocycles. The van der Waals surface area contributed by atoms with E-state index in [1.165, 1.54) is 0 Å². The standard InChI is InChI=1S/C15H19N5O2/c1-11-7-13(18-12(2)17-11)14-8-20(5-6-22-14)15(21)9-19-4-3-16-10-19/h3-4,7,10,14H,5-6,8-9H2,1-2H3. The second-order valence-electron chi connectivity index (χ2n) is 5.42. The molecule has 1 atom stereocenters. The van der Waals surface area contributed by atoms with Crippen molar-refractivity contribution in [3.05, 3.63) is 42.0 Å². The maximum atomic E-state index is 12.4. The molecule has 0 bridgehead atoms. The number of hydrogen-bond acceptors (Lipinski definition) is 5. The summed E-state index contributed by atoms with van der Waals surface area (Å²) in [6.07, 6.45) is 4.91. The van der Waals surface area contributed by atoms with Crippen molar-refractivity contribution in [2.24, 2.45) is 0 Å². The predicted octanol–water partition coefficient (Wildman–Crippen LogP) is 0.890. The minimum Gasteiger partial charge on any atom is -0.368 e. The third kappa shape index (κ3) is 3.30. The van der Waals surface area contributed by atoms with Crippen LogP contribution in [0.5, 0.6) is 0 Å². The van der Waals surface area contributed by atoms with Crippen LogP contribution in [0.1, 0.15) is 23.3 Å². The van der Waals surface area contributed by atoms with E-state index in [0.29, 0.717) is 26.2 Å². The summed E-state index contributed by atoms with van der Waals surface area (Å²) >= 11 is 0. The molecule has 7 nitrogen and oxygen atoms in total. The van der Waals surface area contributed by atoms with E-state index in [1.807, 2.05) is 24.8 Å². The van der Waals surface area contributed by atoms with Crippen LogP contribution < -0.4 is 0 Å². The number of nitrogens with zero attached hydrogens (tertiary/aromatic N) is 5. The Hall–Kier alpha value is -2.28. The number of rotatable bonds is 3. The van der Waals surface area contributed by atoms with E-state index in [9.17, 15) is 4.79 Å². The first-order chi connectivity index (χ1) is 10.6. The van der Waals surface area contributed by atoms with Gasteiger partial charge in [0.1, 0.15) is 18.5 Å². The molecule has 3 rings (SSSR count). The van der Waals surface area contributed by atoms with Crippen molar-refractivity contribution in [2.75, 3.05) is 19.7 Å². The number of aromatic nitrogens is 4. The molecule has 1 fully saturated rings. The van der Waals surface area contributed by atoms with Crippen LogP contribution in [0.15, 0.2) is 24.8 Å². The predicted molar refractivity (Wildman–Crippen MR) is 79.0 cm³/mol. The Morgan fingerprint density at radius 1 is 1.41 bits per heavy atom. The minimum absolute atomic E-state index is 0.0637. The molecule has 7 heteroatoms. The molecule has 2 aromatic rings. The topological polar surface area (TPSA) is 73.1 Å². The molecule has 1 aliphatic heterocycles. The second-order valence-corrected chi connectivity index (χ2v) is 5.42. The van der Waals surface area contributed by atoms with Gasteiger partial charge in [-0.1, -0.05) is 0 Å². The van der Waals surface area contributed by atoms with Gasteiger partial charge in [-0.15, -0.1) is 0 Å². The zero-order valence-corrected chi connectivity index (χ0v) is 12.8. The normalized spacial score (nSPS) is 18.5. The largest absolute Gasteiger partial charge is 0.368 e. The Morgan fingerprint density at radius 2 is 2.27 bits per heavy atom. The van der Waals surface area contributed by atoms with Gasteiger partial charge in [0.15, 0.2) is 0 Å². The van der Waals surface area contributed by atoms with Crippen molar-refractivity contribution in [3.63, 3.8) is 0 Å². The number of carbonyl (C=O) groups excluding carboxylic acids is 1. The first kappa shape index (κ1) is 14.6. The molecule has 3 heterocycles. The average Bonchev–Trinajstić information content (AvgIpc) is 2.99. The van der Waals surface area contributed by atoms with Crippen LogP contribution in [0.2, 0.25) is 0 Å². The van der Waals surface area contributed by atoms with E-state index >= 15 is 0 Å². The first-order valence-corrected chi connectivity index (χ1v) is 7.29. The van der Waals surface area contributed by atoms with Crippen LogP contribution in [-0.4, -0.2) is 50.0 Å². The van der Waals surface area contributed by atoms with Crippen molar-refractivity contribution >= 4 is 5.91 Å². The van der Waals surface area contributed by atoms with E-state index < -0.39 is 0 Å². The molecular formula is C15H19N5O2. The monoisotopic (exact) mass is 301 g/mol. The fourth-order valence-electron chi connectivity index (χ4n) is 2.60. The maximum absolute atomic E-state index is 12.4. The van der Waals surface area contributed by atoms with Gasteiger partial charge in [-0.25, -0.2) is 15.0 Å². The molecular weight excluding hydrogens is 282 g/mol. The highest BCUT2D eigenvalue weighted by Crippen LogP contribution is 2.21. The molecule has 116 valence electrons. The molecule has 0 saturated carbocycles. The maximum Gasteiger partial charge on any atom is 0.242 e. The molecule has 0 spiro atoms. The van der Waals surface area contributed by atoms with E-state index in [-0.39, 0.29) is 12.0 Å². The molecule has 2 aromatic heterocycles. The third-order valence-electron chi connectivity index (χ3n) is 3.61. The van der Waals surface area contributed by atoms with Crippen LogP contribution in [0.3, 0.4) is 0 Å². The van der Waals surface area contributed by atoms with Crippen LogP contribution in [0.25, 0.3) is 0 Å². The lowest BCUT2D eigenvalue weighted by Crippen LogP contribution is -2.43. The van der Waals surface area contributed by atoms with Crippen LogP contribution >= 0.6 is 0 Å². The smallest absolute Gasteiger partial charge is 0.242 e. The van der Waals surface area contributed by atoms with Gasteiger partial charge in [0.2, 0.25) is 5.91 Å². The molecule has 0 aliphatic carbocycles. The highest BCUT2D eigenvalue weighted by atomic mass is 16.5. The van der Waals surface area contributed by atoms with Gasteiger partial charge >= 0.3 is 0 Å². The summed E-state index contributed by atoms with van der Waals surface area (Å²) in [6, 6.07) is 1.92. The summed E-state index contributed by atoms with van der Waals surface area (Å²) in [5, 5.41) is 0. The quantitative estimate of drug-likeness (QED) is 0.842. The first-order valence-electron chi connectivity index (χ1n) is 7.29. The zero-order chi connectivity index (χ0) is 15.5. The number of hydrogen-bond donors (Lipinski definition) is 0. The van der Waals surface area contributed by atoms with Gasteiger partial charge in [-0.3, -0.25) is 4.79 Å². The lowest BCUT2D eigenvalue weighted by molar-refractivity contribution is -0.139. The van der Waals surface area contributed by atoms with Crippen molar-refractivity contribution in [2.45, 2.75) is 26.5 Å². The van der Waals surface area contributed by atoms with Crippen molar-refractivity contribution < 1.29 is 9.53 Å². The van der Waals surface area contributed by atoms with Gasteiger partial charge in [0.05, 0.1) is 25.2 Å². The van der Waals surface area contributed by atoms with E-state index in [0.717, 1.165) is 17.2 Å². The van der Waals surface area contributed by atoms with Gasteiger partial charge in [0.25, 0.3) is 0 Å². The van der Waals surface area contributed by atoms with Crippen molar-refractivity contribution in [1.82, 2.24) is 24.4 Å².